The van der Waals surface area contributed by atoms with E-state index in [1.165, 1.54) is 23.5 Å². The highest BCUT2D eigenvalue weighted by Gasteiger charge is 2.18. The predicted octanol–water partition coefficient (Wildman–Crippen LogP) is 5.15. The zero-order valence-electron chi connectivity index (χ0n) is 8.25. The molecule has 0 radical (unpaired) electrons. The van der Waals surface area contributed by atoms with E-state index in [1.54, 1.807) is 12.1 Å². The number of hydrogen-bond donors (Lipinski definition) is 1. The van der Waals surface area contributed by atoms with Crippen molar-refractivity contribution in [3.05, 3.63) is 53.8 Å². The Bertz CT molecular complexity index is 539. The van der Waals surface area contributed by atoms with E-state index in [0.29, 0.717) is 19.2 Å². The van der Waals surface area contributed by atoms with E-state index in [0.717, 1.165) is 4.47 Å². The van der Waals surface area contributed by atoms with E-state index in [9.17, 15) is 9.50 Å². The molecule has 1 aromatic heterocycles. The summed E-state index contributed by atoms with van der Waals surface area (Å²) in [6.45, 7) is 0. The van der Waals surface area contributed by atoms with Gasteiger partial charge in [0, 0.05) is 19.4 Å². The molecule has 1 unspecified atom stereocenters. The Morgan fingerprint density at radius 1 is 1.24 bits per heavy atom. The first-order valence-electron chi connectivity index (χ1n) is 4.57. The Balaban J connectivity index is 2.42. The van der Waals surface area contributed by atoms with E-state index in [-0.39, 0.29) is 5.82 Å². The summed E-state index contributed by atoms with van der Waals surface area (Å²) < 4.78 is 15.1. The summed E-state index contributed by atoms with van der Waals surface area (Å²) in [5, 5.41) is 10.2. The van der Waals surface area contributed by atoms with E-state index in [4.69, 9.17) is 11.6 Å². The fourth-order valence-electron chi connectivity index (χ4n) is 1.38. The van der Waals surface area contributed by atoms with Gasteiger partial charge in [-0.15, -0.1) is 11.3 Å². The van der Waals surface area contributed by atoms with Crippen LogP contribution in [0.3, 0.4) is 0 Å². The molecule has 0 saturated carbocycles. The van der Waals surface area contributed by atoms with Crippen molar-refractivity contribution >= 4 is 54.8 Å². The number of halogens is 4. The quantitative estimate of drug-likeness (QED) is 0.739. The lowest BCUT2D eigenvalue weighted by Crippen LogP contribution is -1.98. The maximum absolute atomic E-state index is 13.1. The van der Waals surface area contributed by atoms with Gasteiger partial charge in [0.2, 0.25) is 0 Å². The minimum Gasteiger partial charge on any atom is -0.383 e. The minimum atomic E-state index is -0.895. The zero-order chi connectivity index (χ0) is 12.6. The largest absolute Gasteiger partial charge is 0.383 e. The molecule has 1 heterocycles. The number of thiophene rings is 1. The molecule has 2 rings (SSSR count). The molecule has 6 heteroatoms. The van der Waals surface area contributed by atoms with Gasteiger partial charge in [0.25, 0.3) is 0 Å². The molecular formula is C11H6Br2ClFOS. The Morgan fingerprint density at radius 3 is 2.53 bits per heavy atom. The standard InChI is InChI=1S/C11H6Br2ClFOS/c12-7-2-1-5(15)3-6(7)10(16)9-4-8(13)11(14)17-9/h1-4,10,16H. The van der Waals surface area contributed by atoms with Crippen LogP contribution in [0.15, 0.2) is 33.2 Å². The van der Waals surface area contributed by atoms with Crippen LogP contribution in [-0.4, -0.2) is 5.11 Å². The summed E-state index contributed by atoms with van der Waals surface area (Å²) in [6, 6.07) is 5.93. The molecule has 0 aliphatic rings. The third-order valence-electron chi connectivity index (χ3n) is 2.19. The monoisotopic (exact) mass is 398 g/mol. The number of aliphatic hydroxyl groups excluding tert-OH is 1. The molecule has 0 amide bonds. The smallest absolute Gasteiger partial charge is 0.123 e. The minimum absolute atomic E-state index is 0.385. The van der Waals surface area contributed by atoms with E-state index < -0.39 is 6.10 Å². The molecule has 1 atom stereocenters. The summed E-state index contributed by atoms with van der Waals surface area (Å²) in [6.07, 6.45) is -0.895. The van der Waals surface area contributed by atoms with Crippen LogP contribution in [0.2, 0.25) is 4.34 Å². The van der Waals surface area contributed by atoms with Crippen molar-refractivity contribution in [2.45, 2.75) is 6.10 Å². The molecule has 90 valence electrons. The molecule has 1 nitrogen and oxygen atoms in total. The van der Waals surface area contributed by atoms with Crippen LogP contribution < -0.4 is 0 Å². The van der Waals surface area contributed by atoms with Gasteiger partial charge in [0.05, 0.1) is 0 Å². The highest BCUT2D eigenvalue weighted by molar-refractivity contribution is 9.10. The van der Waals surface area contributed by atoms with Gasteiger partial charge in [0.1, 0.15) is 16.3 Å². The Kier molecular flexibility index (Phi) is 4.26. The number of aliphatic hydroxyl groups is 1. The van der Waals surface area contributed by atoms with Crippen LogP contribution in [0, 0.1) is 5.82 Å². The van der Waals surface area contributed by atoms with Crippen LogP contribution >= 0.6 is 54.8 Å². The molecule has 0 aliphatic carbocycles. The topological polar surface area (TPSA) is 20.2 Å². The molecule has 0 bridgehead atoms. The molecule has 1 N–H and O–H groups in total. The summed E-state index contributed by atoms with van der Waals surface area (Å²) in [5.41, 5.74) is 0.482. The molecule has 1 aromatic carbocycles. The van der Waals surface area contributed by atoms with Gasteiger partial charge in [-0.25, -0.2) is 4.39 Å². The van der Waals surface area contributed by atoms with Gasteiger partial charge in [0.15, 0.2) is 0 Å². The van der Waals surface area contributed by atoms with Gasteiger partial charge in [-0.2, -0.15) is 0 Å². The first-order chi connectivity index (χ1) is 7.99. The molecule has 0 fully saturated rings. The maximum Gasteiger partial charge on any atom is 0.123 e. The van der Waals surface area contributed by atoms with Crippen molar-refractivity contribution in [2.24, 2.45) is 0 Å². The summed E-state index contributed by atoms with van der Waals surface area (Å²) in [5.74, 6) is -0.385. The van der Waals surface area contributed by atoms with Crippen molar-refractivity contribution in [2.75, 3.05) is 0 Å². The van der Waals surface area contributed by atoms with Crippen molar-refractivity contribution in [1.82, 2.24) is 0 Å². The normalized spacial score (nSPS) is 12.8. The zero-order valence-corrected chi connectivity index (χ0v) is 13.0. The van der Waals surface area contributed by atoms with Crippen molar-refractivity contribution in [3.8, 4) is 0 Å². The highest BCUT2D eigenvalue weighted by Crippen LogP contribution is 2.39. The molecule has 0 spiro atoms. The van der Waals surface area contributed by atoms with Crippen molar-refractivity contribution in [3.63, 3.8) is 0 Å². The average molecular weight is 400 g/mol. The Morgan fingerprint density at radius 2 is 1.94 bits per heavy atom. The number of hydrogen-bond acceptors (Lipinski definition) is 2. The van der Waals surface area contributed by atoms with Gasteiger partial charge >= 0.3 is 0 Å². The molecule has 2 aromatic rings. The van der Waals surface area contributed by atoms with Gasteiger partial charge in [-0.1, -0.05) is 27.5 Å². The lowest BCUT2D eigenvalue weighted by atomic mass is 10.1. The van der Waals surface area contributed by atoms with Crippen molar-refractivity contribution in [1.29, 1.82) is 0 Å². The van der Waals surface area contributed by atoms with E-state index in [1.807, 2.05) is 0 Å². The summed E-state index contributed by atoms with van der Waals surface area (Å²) in [4.78, 5) is 0.660. The lowest BCUT2D eigenvalue weighted by Gasteiger charge is -2.11. The number of rotatable bonds is 2. The van der Waals surface area contributed by atoms with Crippen LogP contribution in [-0.2, 0) is 0 Å². The first-order valence-corrected chi connectivity index (χ1v) is 7.35. The average Bonchev–Trinajstić information content (AvgIpc) is 2.62. The Labute approximate surface area is 123 Å². The van der Waals surface area contributed by atoms with Gasteiger partial charge < -0.3 is 5.11 Å². The second kappa shape index (κ2) is 5.36. The van der Waals surface area contributed by atoms with Crippen LogP contribution in [0.1, 0.15) is 16.5 Å². The fourth-order valence-corrected chi connectivity index (χ4v) is 3.58. The first kappa shape index (κ1) is 13.5. The van der Waals surface area contributed by atoms with Gasteiger partial charge in [-0.3, -0.25) is 0 Å². The third kappa shape index (κ3) is 2.90. The summed E-state index contributed by atoms with van der Waals surface area (Å²) in [7, 11) is 0. The summed E-state index contributed by atoms with van der Waals surface area (Å²) >= 11 is 13.7. The number of benzene rings is 1. The van der Waals surface area contributed by atoms with Crippen molar-refractivity contribution < 1.29 is 9.50 Å². The van der Waals surface area contributed by atoms with Crippen LogP contribution in [0.4, 0.5) is 4.39 Å². The SMILES string of the molecule is OC(c1cc(Br)c(Cl)s1)c1cc(F)ccc1Br. The van der Waals surface area contributed by atoms with Crippen LogP contribution in [0.5, 0.6) is 0 Å². The second-order valence-corrected chi connectivity index (χ2v) is 6.73. The molecule has 0 aliphatic heterocycles. The fraction of sp³-hybridized carbons (Fsp3) is 0.0909. The van der Waals surface area contributed by atoms with Gasteiger partial charge in [-0.05, 0) is 40.2 Å². The Hall–Kier alpha value is 0.0600. The second-order valence-electron chi connectivity index (χ2n) is 3.34. The van der Waals surface area contributed by atoms with E-state index >= 15 is 0 Å². The maximum atomic E-state index is 13.1. The highest BCUT2D eigenvalue weighted by atomic mass is 79.9. The third-order valence-corrected chi connectivity index (χ3v) is 5.44. The van der Waals surface area contributed by atoms with E-state index in [2.05, 4.69) is 31.9 Å². The molecule has 0 saturated heterocycles. The molecule has 17 heavy (non-hydrogen) atoms. The van der Waals surface area contributed by atoms with Crippen LogP contribution in [0.25, 0.3) is 0 Å². The lowest BCUT2D eigenvalue weighted by molar-refractivity contribution is 0.223. The molecular weight excluding hydrogens is 394 g/mol. The predicted molar refractivity (Wildman–Crippen MR) is 75.2 cm³/mol.